The molecule has 0 unspecified atom stereocenters. The summed E-state index contributed by atoms with van der Waals surface area (Å²) in [4.78, 5) is 23.9. The SMILES string of the molecule is O=C(NC(CO)(CO)CO)c1cc(=O)c2ccccc2o1. The molecule has 1 aromatic carbocycles. The molecule has 0 aliphatic rings. The van der Waals surface area contributed by atoms with E-state index in [0.717, 1.165) is 6.07 Å². The Labute approximate surface area is 119 Å². The number of amides is 1. The third-order valence-electron chi connectivity index (χ3n) is 3.15. The molecule has 7 nitrogen and oxygen atoms in total. The summed E-state index contributed by atoms with van der Waals surface area (Å²) in [5.41, 5.74) is -1.72. The average molecular weight is 293 g/mol. The van der Waals surface area contributed by atoms with Gasteiger partial charge in [-0.25, -0.2) is 0 Å². The summed E-state index contributed by atoms with van der Waals surface area (Å²) in [6, 6.07) is 7.47. The molecule has 0 fully saturated rings. The lowest BCUT2D eigenvalue weighted by Crippen LogP contribution is -2.57. The molecule has 0 aliphatic carbocycles. The van der Waals surface area contributed by atoms with Crippen molar-refractivity contribution < 1.29 is 24.5 Å². The van der Waals surface area contributed by atoms with Gasteiger partial charge in [0.25, 0.3) is 5.91 Å². The summed E-state index contributed by atoms with van der Waals surface area (Å²) in [6.45, 7) is -1.99. The quantitative estimate of drug-likeness (QED) is 0.575. The van der Waals surface area contributed by atoms with Gasteiger partial charge >= 0.3 is 0 Å². The fourth-order valence-corrected chi connectivity index (χ4v) is 1.79. The van der Waals surface area contributed by atoms with Crippen LogP contribution >= 0.6 is 0 Å². The average Bonchev–Trinajstić information content (AvgIpc) is 2.52. The zero-order valence-electron chi connectivity index (χ0n) is 11.1. The predicted octanol–water partition coefficient (Wildman–Crippen LogP) is -0.761. The molecule has 0 bridgehead atoms. The molecule has 1 aromatic heterocycles. The van der Waals surface area contributed by atoms with Crippen LogP contribution in [0.3, 0.4) is 0 Å². The Kier molecular flexibility index (Phi) is 4.37. The van der Waals surface area contributed by atoms with E-state index in [9.17, 15) is 24.9 Å². The molecular formula is C14H15NO6. The Bertz CT molecular complexity index is 696. The molecule has 0 aliphatic heterocycles. The number of hydrogen-bond donors (Lipinski definition) is 4. The number of aliphatic hydroxyl groups excluding tert-OH is 3. The van der Waals surface area contributed by atoms with Gasteiger partial charge in [-0.3, -0.25) is 9.59 Å². The van der Waals surface area contributed by atoms with Crippen molar-refractivity contribution in [1.29, 1.82) is 0 Å². The molecule has 1 heterocycles. The van der Waals surface area contributed by atoms with Gasteiger partial charge in [0, 0.05) is 6.07 Å². The highest BCUT2D eigenvalue weighted by molar-refractivity contribution is 5.93. The van der Waals surface area contributed by atoms with Crippen molar-refractivity contribution >= 4 is 16.9 Å². The fraction of sp³-hybridized carbons (Fsp3) is 0.286. The fourth-order valence-electron chi connectivity index (χ4n) is 1.79. The molecule has 0 atom stereocenters. The van der Waals surface area contributed by atoms with Crippen LogP contribution in [0.5, 0.6) is 0 Å². The molecule has 21 heavy (non-hydrogen) atoms. The molecule has 0 saturated carbocycles. The maximum atomic E-state index is 12.1. The van der Waals surface area contributed by atoms with Gasteiger partial charge in [-0.2, -0.15) is 0 Å². The van der Waals surface area contributed by atoms with Crippen LogP contribution in [-0.2, 0) is 0 Å². The lowest BCUT2D eigenvalue weighted by molar-refractivity contribution is 0.0364. The first-order chi connectivity index (χ1) is 10.0. The van der Waals surface area contributed by atoms with Crippen molar-refractivity contribution in [2.75, 3.05) is 19.8 Å². The van der Waals surface area contributed by atoms with Gasteiger partial charge in [-0.05, 0) is 12.1 Å². The Morgan fingerprint density at radius 1 is 1.14 bits per heavy atom. The topological polar surface area (TPSA) is 120 Å². The summed E-state index contributed by atoms with van der Waals surface area (Å²) in [6.07, 6.45) is 0. The first-order valence-corrected chi connectivity index (χ1v) is 6.23. The second-order valence-corrected chi connectivity index (χ2v) is 4.68. The molecule has 0 spiro atoms. The maximum Gasteiger partial charge on any atom is 0.287 e. The highest BCUT2D eigenvalue weighted by Crippen LogP contribution is 2.12. The van der Waals surface area contributed by atoms with Gasteiger partial charge in [0.15, 0.2) is 11.2 Å². The second-order valence-electron chi connectivity index (χ2n) is 4.68. The smallest absolute Gasteiger partial charge is 0.287 e. The van der Waals surface area contributed by atoms with E-state index in [1.165, 1.54) is 0 Å². The van der Waals surface area contributed by atoms with Crippen LogP contribution in [0.4, 0.5) is 0 Å². The number of para-hydroxylation sites is 1. The zero-order chi connectivity index (χ0) is 15.5. The molecular weight excluding hydrogens is 278 g/mol. The van der Waals surface area contributed by atoms with E-state index >= 15 is 0 Å². The highest BCUT2D eigenvalue weighted by atomic mass is 16.3. The number of carbonyl (C=O) groups excluding carboxylic acids is 1. The summed E-state index contributed by atoms with van der Waals surface area (Å²) < 4.78 is 5.33. The predicted molar refractivity (Wildman–Crippen MR) is 73.9 cm³/mol. The standard InChI is InChI=1S/C14H15NO6/c16-6-14(7-17,8-18)15-13(20)12-5-10(19)9-3-1-2-4-11(9)21-12/h1-5,16-18H,6-8H2,(H,15,20). The maximum absolute atomic E-state index is 12.1. The first kappa shape index (κ1) is 15.2. The largest absolute Gasteiger partial charge is 0.451 e. The lowest BCUT2D eigenvalue weighted by Gasteiger charge is -2.28. The van der Waals surface area contributed by atoms with E-state index in [1.54, 1.807) is 24.3 Å². The summed E-state index contributed by atoms with van der Waals surface area (Å²) in [5.74, 6) is -1.08. The van der Waals surface area contributed by atoms with Crippen LogP contribution in [0, 0.1) is 0 Å². The van der Waals surface area contributed by atoms with Crippen molar-refractivity contribution in [3.63, 3.8) is 0 Å². The van der Waals surface area contributed by atoms with Crippen LogP contribution < -0.4 is 10.7 Å². The van der Waals surface area contributed by atoms with Crippen molar-refractivity contribution in [3.8, 4) is 0 Å². The molecule has 0 saturated heterocycles. The number of hydrogen-bond acceptors (Lipinski definition) is 6. The van der Waals surface area contributed by atoms with Crippen LogP contribution in [0.1, 0.15) is 10.6 Å². The second kappa shape index (κ2) is 6.04. The van der Waals surface area contributed by atoms with E-state index in [4.69, 9.17) is 4.42 Å². The summed E-state index contributed by atoms with van der Waals surface area (Å²) in [7, 11) is 0. The Balaban J connectivity index is 2.38. The molecule has 2 aromatic rings. The van der Waals surface area contributed by atoms with Crippen LogP contribution in [0.25, 0.3) is 11.0 Å². The van der Waals surface area contributed by atoms with Crippen LogP contribution in [0.15, 0.2) is 39.5 Å². The van der Waals surface area contributed by atoms with E-state index < -0.39 is 31.3 Å². The van der Waals surface area contributed by atoms with Gasteiger partial charge < -0.3 is 25.1 Å². The number of nitrogens with one attached hydrogen (secondary N) is 1. The van der Waals surface area contributed by atoms with E-state index in [-0.39, 0.29) is 16.8 Å². The van der Waals surface area contributed by atoms with Crippen molar-refractivity contribution in [2.24, 2.45) is 0 Å². The van der Waals surface area contributed by atoms with Crippen molar-refractivity contribution in [2.45, 2.75) is 5.54 Å². The van der Waals surface area contributed by atoms with E-state index in [1.807, 2.05) is 0 Å². The number of benzene rings is 1. The summed E-state index contributed by atoms with van der Waals surface area (Å²) >= 11 is 0. The van der Waals surface area contributed by atoms with Crippen molar-refractivity contribution in [1.82, 2.24) is 5.32 Å². The Morgan fingerprint density at radius 2 is 1.76 bits per heavy atom. The number of fused-ring (bicyclic) bond motifs is 1. The van der Waals surface area contributed by atoms with Crippen molar-refractivity contribution in [3.05, 3.63) is 46.3 Å². The van der Waals surface area contributed by atoms with Crippen LogP contribution in [-0.4, -0.2) is 46.6 Å². The Morgan fingerprint density at radius 3 is 2.38 bits per heavy atom. The normalized spacial score (nSPS) is 11.6. The van der Waals surface area contributed by atoms with Gasteiger partial charge in [0.2, 0.25) is 0 Å². The third-order valence-corrected chi connectivity index (χ3v) is 3.15. The number of carbonyl (C=O) groups is 1. The Hall–Kier alpha value is -2.22. The van der Waals surface area contributed by atoms with E-state index in [0.29, 0.717) is 5.39 Å². The third kappa shape index (κ3) is 2.94. The highest BCUT2D eigenvalue weighted by Gasteiger charge is 2.31. The van der Waals surface area contributed by atoms with Gasteiger partial charge in [0.05, 0.1) is 25.2 Å². The molecule has 1 amide bonds. The minimum absolute atomic E-state index is 0.248. The van der Waals surface area contributed by atoms with E-state index in [2.05, 4.69) is 5.32 Å². The monoisotopic (exact) mass is 293 g/mol. The van der Waals surface area contributed by atoms with Crippen LogP contribution in [0.2, 0.25) is 0 Å². The molecule has 0 radical (unpaired) electrons. The lowest BCUT2D eigenvalue weighted by atomic mass is 10.0. The minimum atomic E-state index is -1.58. The van der Waals surface area contributed by atoms with Gasteiger partial charge in [0.1, 0.15) is 11.1 Å². The number of rotatable bonds is 5. The summed E-state index contributed by atoms with van der Waals surface area (Å²) in [5, 5.41) is 30.1. The van der Waals surface area contributed by atoms with Gasteiger partial charge in [-0.1, -0.05) is 12.1 Å². The molecule has 2 rings (SSSR count). The number of aliphatic hydroxyl groups is 3. The molecule has 7 heteroatoms. The first-order valence-electron chi connectivity index (χ1n) is 6.23. The molecule has 4 N–H and O–H groups in total. The van der Waals surface area contributed by atoms with Gasteiger partial charge in [-0.15, -0.1) is 0 Å². The minimum Gasteiger partial charge on any atom is -0.451 e. The molecule has 112 valence electrons. The zero-order valence-corrected chi connectivity index (χ0v) is 11.1.